The highest BCUT2D eigenvalue weighted by atomic mass is 31.1. The van der Waals surface area contributed by atoms with Crippen molar-refractivity contribution >= 4 is 20.1 Å². The van der Waals surface area contributed by atoms with Gasteiger partial charge in [0, 0.05) is 0 Å². The van der Waals surface area contributed by atoms with Crippen molar-refractivity contribution in [3.63, 3.8) is 0 Å². The van der Waals surface area contributed by atoms with Crippen molar-refractivity contribution in [1.29, 1.82) is 0 Å². The van der Waals surface area contributed by atoms with Crippen molar-refractivity contribution in [2.24, 2.45) is 5.41 Å². The van der Waals surface area contributed by atoms with Crippen LogP contribution in [0.1, 0.15) is 33.3 Å². The van der Waals surface area contributed by atoms with Gasteiger partial charge in [-0.25, -0.2) is 5.09 Å². The molecule has 1 aromatic rings. The van der Waals surface area contributed by atoms with E-state index >= 15 is 0 Å². The molecule has 1 aromatic carbocycles. The first-order valence-corrected chi connectivity index (χ1v) is 8.83. The van der Waals surface area contributed by atoms with Crippen LogP contribution in [0.2, 0.25) is 0 Å². The fraction of sp³-hybridized carbons (Fsp3) is 0.500. The summed E-state index contributed by atoms with van der Waals surface area (Å²) in [6.45, 7) is 6.30. The second kappa shape index (κ2) is 9.57. The molecule has 2 atom stereocenters. The van der Waals surface area contributed by atoms with Crippen LogP contribution in [0.4, 0.5) is 0 Å². The molecule has 0 aliphatic rings. The van der Waals surface area contributed by atoms with E-state index in [0.29, 0.717) is 0 Å². The Balaban J connectivity index is 2.28. The highest BCUT2D eigenvalue weighted by molar-refractivity contribution is 7.36. The molecular formula is C16H24NO6P. The maximum Gasteiger partial charge on any atom is 0.323 e. The van der Waals surface area contributed by atoms with Gasteiger partial charge in [-0.3, -0.25) is 18.7 Å². The van der Waals surface area contributed by atoms with Crippen LogP contribution < -0.4 is 5.09 Å². The summed E-state index contributed by atoms with van der Waals surface area (Å²) in [4.78, 5) is 23.3. The Labute approximate surface area is 142 Å². The lowest BCUT2D eigenvalue weighted by atomic mass is 9.98. The van der Waals surface area contributed by atoms with E-state index in [1.54, 1.807) is 20.8 Å². The van der Waals surface area contributed by atoms with E-state index in [1.807, 2.05) is 30.3 Å². The van der Waals surface area contributed by atoms with E-state index in [-0.39, 0.29) is 6.61 Å². The fourth-order valence-corrected chi connectivity index (χ4v) is 2.20. The van der Waals surface area contributed by atoms with Crippen molar-refractivity contribution in [2.75, 3.05) is 6.79 Å². The molecule has 7 nitrogen and oxygen atoms in total. The molecule has 0 spiro atoms. The second-order valence-electron chi connectivity index (χ2n) is 6.19. The third kappa shape index (κ3) is 7.73. The van der Waals surface area contributed by atoms with Gasteiger partial charge in [0.15, 0.2) is 6.79 Å². The Morgan fingerprint density at radius 2 is 1.79 bits per heavy atom. The molecule has 0 bridgehead atoms. The van der Waals surface area contributed by atoms with Crippen LogP contribution in [-0.4, -0.2) is 24.8 Å². The van der Waals surface area contributed by atoms with Crippen molar-refractivity contribution in [1.82, 2.24) is 5.09 Å². The van der Waals surface area contributed by atoms with Gasteiger partial charge in [0.25, 0.3) is 8.18 Å². The number of hydrogen-bond acceptors (Lipinski definition) is 6. The lowest BCUT2D eigenvalue weighted by molar-refractivity contribution is -0.159. The molecule has 1 unspecified atom stereocenters. The van der Waals surface area contributed by atoms with Gasteiger partial charge >= 0.3 is 11.9 Å². The normalized spacial score (nSPS) is 13.8. The number of carbonyl (C=O) groups excluding carboxylic acids is 2. The minimum absolute atomic E-state index is 0.136. The molecule has 134 valence electrons. The smallest absolute Gasteiger partial charge is 0.323 e. The zero-order chi connectivity index (χ0) is 18.2. The average molecular weight is 357 g/mol. The summed E-state index contributed by atoms with van der Waals surface area (Å²) in [5, 5.41) is 2.49. The zero-order valence-electron chi connectivity index (χ0n) is 14.3. The number of rotatable bonds is 8. The molecule has 0 aromatic heterocycles. The number of hydrogen-bond donors (Lipinski definition) is 1. The van der Waals surface area contributed by atoms with Crippen molar-refractivity contribution in [3.8, 4) is 0 Å². The molecule has 8 heteroatoms. The lowest BCUT2D eigenvalue weighted by Crippen LogP contribution is -2.31. The van der Waals surface area contributed by atoms with Gasteiger partial charge < -0.3 is 9.47 Å². The molecule has 0 heterocycles. The van der Waals surface area contributed by atoms with Crippen LogP contribution in [0.5, 0.6) is 0 Å². The first-order valence-electron chi connectivity index (χ1n) is 7.51. The van der Waals surface area contributed by atoms with Crippen LogP contribution in [0, 0.1) is 5.41 Å². The molecule has 0 radical (unpaired) electrons. The molecule has 0 saturated heterocycles. The standard InChI is InChI=1S/C16H24NO6P/c1-12(14(18)21-10-13-8-6-5-7-9-13)17-24(20)23-11-22-15(19)16(2,3)4/h5-9,12,24H,10-11H2,1-4H3,(H,17,20)/t12-/m0/s1. The first kappa shape index (κ1) is 20.4. The predicted molar refractivity (Wildman–Crippen MR) is 89.3 cm³/mol. The van der Waals surface area contributed by atoms with Crippen LogP contribution in [0.15, 0.2) is 30.3 Å². The van der Waals surface area contributed by atoms with Crippen LogP contribution >= 0.6 is 8.18 Å². The van der Waals surface area contributed by atoms with Gasteiger partial charge in [-0.05, 0) is 33.3 Å². The van der Waals surface area contributed by atoms with Gasteiger partial charge in [-0.15, -0.1) is 0 Å². The Kier molecular flexibility index (Phi) is 8.11. The van der Waals surface area contributed by atoms with Crippen LogP contribution in [0.3, 0.4) is 0 Å². The predicted octanol–water partition coefficient (Wildman–Crippen LogP) is 2.66. The van der Waals surface area contributed by atoms with E-state index in [0.717, 1.165) is 5.56 Å². The number of esters is 2. The van der Waals surface area contributed by atoms with E-state index in [2.05, 4.69) is 5.09 Å². The number of benzene rings is 1. The number of ether oxygens (including phenoxy) is 2. The van der Waals surface area contributed by atoms with E-state index < -0.39 is 38.4 Å². The molecule has 0 amide bonds. The maximum absolute atomic E-state index is 11.8. The second-order valence-corrected chi connectivity index (χ2v) is 7.34. The molecule has 24 heavy (non-hydrogen) atoms. The fourth-order valence-electron chi connectivity index (χ4n) is 1.48. The van der Waals surface area contributed by atoms with E-state index in [4.69, 9.17) is 14.0 Å². The Morgan fingerprint density at radius 1 is 1.17 bits per heavy atom. The van der Waals surface area contributed by atoms with Crippen molar-refractivity contribution in [3.05, 3.63) is 35.9 Å². The minimum atomic E-state index is -2.73. The largest absolute Gasteiger partial charge is 0.460 e. The Hall–Kier alpha value is -1.69. The van der Waals surface area contributed by atoms with Gasteiger partial charge in [0.1, 0.15) is 12.6 Å². The quantitative estimate of drug-likeness (QED) is 0.434. The topological polar surface area (TPSA) is 90.9 Å². The highest BCUT2D eigenvalue weighted by Gasteiger charge is 2.23. The van der Waals surface area contributed by atoms with Crippen molar-refractivity contribution in [2.45, 2.75) is 40.3 Å². The van der Waals surface area contributed by atoms with Gasteiger partial charge in [-0.1, -0.05) is 30.3 Å². The lowest BCUT2D eigenvalue weighted by Gasteiger charge is -2.17. The first-order chi connectivity index (χ1) is 11.2. The summed E-state index contributed by atoms with van der Waals surface area (Å²) in [6.07, 6.45) is 0. The molecule has 0 aliphatic carbocycles. The Bertz CT molecular complexity index is 570. The summed E-state index contributed by atoms with van der Waals surface area (Å²) in [5.41, 5.74) is 0.192. The molecule has 0 fully saturated rings. The van der Waals surface area contributed by atoms with Gasteiger partial charge in [-0.2, -0.15) is 0 Å². The third-order valence-electron chi connectivity index (χ3n) is 2.90. The SMILES string of the molecule is C[C@H](N[PH](=O)OCOC(=O)C(C)(C)C)C(=O)OCc1ccccc1. The van der Waals surface area contributed by atoms with E-state index in [1.165, 1.54) is 6.92 Å². The molecule has 0 saturated carbocycles. The van der Waals surface area contributed by atoms with Crippen LogP contribution in [-0.2, 0) is 34.8 Å². The monoisotopic (exact) mass is 357 g/mol. The number of nitrogens with one attached hydrogen (secondary N) is 1. The van der Waals surface area contributed by atoms with Crippen molar-refractivity contribution < 1.29 is 28.2 Å². The summed E-state index contributed by atoms with van der Waals surface area (Å²) < 4.78 is 26.5. The maximum atomic E-state index is 11.8. The minimum Gasteiger partial charge on any atom is -0.460 e. The van der Waals surface area contributed by atoms with Gasteiger partial charge in [0.2, 0.25) is 0 Å². The summed E-state index contributed by atoms with van der Waals surface area (Å²) in [6, 6.07) is 8.42. The van der Waals surface area contributed by atoms with E-state index in [9.17, 15) is 14.2 Å². The molecular weight excluding hydrogens is 333 g/mol. The van der Waals surface area contributed by atoms with Gasteiger partial charge in [0.05, 0.1) is 5.41 Å². The number of carbonyl (C=O) groups is 2. The molecule has 1 N–H and O–H groups in total. The third-order valence-corrected chi connectivity index (χ3v) is 3.95. The summed E-state index contributed by atoms with van der Waals surface area (Å²) in [5.74, 6) is -1.01. The van der Waals surface area contributed by atoms with Crippen LogP contribution in [0.25, 0.3) is 0 Å². The summed E-state index contributed by atoms with van der Waals surface area (Å²) >= 11 is 0. The highest BCUT2D eigenvalue weighted by Crippen LogP contribution is 2.20. The zero-order valence-corrected chi connectivity index (χ0v) is 15.3. The summed E-state index contributed by atoms with van der Waals surface area (Å²) in [7, 11) is -2.73. The Morgan fingerprint density at radius 3 is 2.38 bits per heavy atom. The molecule has 0 aliphatic heterocycles. The average Bonchev–Trinajstić information content (AvgIpc) is 2.52. The molecule has 1 rings (SSSR count).